The predicted octanol–water partition coefficient (Wildman–Crippen LogP) is 3.64. The Kier molecular flexibility index (Phi) is 5.18. The molecule has 0 saturated heterocycles. The lowest BCUT2D eigenvalue weighted by molar-refractivity contribution is 0.482. The zero-order valence-electron chi connectivity index (χ0n) is 11.4. The minimum absolute atomic E-state index is 0.207. The molecule has 1 aromatic carbocycles. The van der Waals surface area contributed by atoms with Gasteiger partial charge in [0.1, 0.15) is 11.6 Å². The Morgan fingerprint density at radius 2 is 1.90 bits per heavy atom. The SMILES string of the molecule is CCCNC(Cc1ccc(F)cc1)c1ncccc1F. The Hall–Kier alpha value is -1.81. The van der Waals surface area contributed by atoms with E-state index in [-0.39, 0.29) is 17.7 Å². The fourth-order valence-electron chi connectivity index (χ4n) is 2.09. The van der Waals surface area contributed by atoms with Crippen LogP contribution < -0.4 is 5.32 Å². The molecule has 1 aromatic heterocycles. The maximum absolute atomic E-state index is 13.9. The quantitative estimate of drug-likeness (QED) is 0.871. The number of rotatable bonds is 6. The molecule has 0 bridgehead atoms. The Bertz CT molecular complexity index is 540. The van der Waals surface area contributed by atoms with Gasteiger partial charge in [-0.05, 0) is 49.2 Å². The standard InChI is InChI=1S/C16H18F2N2/c1-2-9-19-15(16-14(18)4-3-10-20-16)11-12-5-7-13(17)8-6-12/h3-8,10,15,19H,2,9,11H2,1H3. The number of nitrogens with zero attached hydrogens (tertiary/aromatic N) is 1. The van der Waals surface area contributed by atoms with E-state index in [4.69, 9.17) is 0 Å². The summed E-state index contributed by atoms with van der Waals surface area (Å²) in [5.41, 5.74) is 1.36. The van der Waals surface area contributed by atoms with Gasteiger partial charge >= 0.3 is 0 Å². The van der Waals surface area contributed by atoms with E-state index in [9.17, 15) is 8.78 Å². The van der Waals surface area contributed by atoms with Crippen molar-refractivity contribution in [2.75, 3.05) is 6.54 Å². The van der Waals surface area contributed by atoms with Gasteiger partial charge in [0.15, 0.2) is 0 Å². The van der Waals surface area contributed by atoms with E-state index in [0.717, 1.165) is 18.5 Å². The molecule has 2 nitrogen and oxygen atoms in total. The van der Waals surface area contributed by atoms with Crippen molar-refractivity contribution >= 4 is 0 Å². The molecule has 0 amide bonds. The van der Waals surface area contributed by atoms with Gasteiger partial charge in [-0.2, -0.15) is 0 Å². The van der Waals surface area contributed by atoms with E-state index in [1.54, 1.807) is 24.4 Å². The molecular formula is C16H18F2N2. The summed E-state index contributed by atoms with van der Waals surface area (Å²) in [6.45, 7) is 2.83. The summed E-state index contributed by atoms with van der Waals surface area (Å²) in [5.74, 6) is -0.584. The number of aromatic nitrogens is 1. The highest BCUT2D eigenvalue weighted by atomic mass is 19.1. The smallest absolute Gasteiger partial charge is 0.146 e. The Morgan fingerprint density at radius 3 is 2.55 bits per heavy atom. The third-order valence-corrected chi connectivity index (χ3v) is 3.11. The van der Waals surface area contributed by atoms with Crippen molar-refractivity contribution in [2.45, 2.75) is 25.8 Å². The highest BCUT2D eigenvalue weighted by molar-refractivity contribution is 5.21. The van der Waals surface area contributed by atoms with E-state index < -0.39 is 0 Å². The molecule has 1 N–H and O–H groups in total. The van der Waals surface area contributed by atoms with Crippen molar-refractivity contribution in [1.29, 1.82) is 0 Å². The summed E-state index contributed by atoms with van der Waals surface area (Å²) < 4.78 is 26.8. The van der Waals surface area contributed by atoms with E-state index >= 15 is 0 Å². The van der Waals surface area contributed by atoms with Crippen molar-refractivity contribution in [3.63, 3.8) is 0 Å². The van der Waals surface area contributed by atoms with E-state index in [1.165, 1.54) is 18.2 Å². The minimum atomic E-state index is -0.316. The summed E-state index contributed by atoms with van der Waals surface area (Å²) in [7, 11) is 0. The second kappa shape index (κ2) is 7.10. The molecule has 106 valence electrons. The van der Waals surface area contributed by atoms with Crippen LogP contribution in [0.2, 0.25) is 0 Å². The third-order valence-electron chi connectivity index (χ3n) is 3.11. The predicted molar refractivity (Wildman–Crippen MR) is 75.3 cm³/mol. The lowest BCUT2D eigenvalue weighted by atomic mass is 10.0. The first-order valence-electron chi connectivity index (χ1n) is 6.79. The van der Waals surface area contributed by atoms with Crippen LogP contribution in [0.25, 0.3) is 0 Å². The van der Waals surface area contributed by atoms with Crippen LogP contribution in [-0.4, -0.2) is 11.5 Å². The molecule has 1 heterocycles. The van der Waals surface area contributed by atoms with Crippen molar-refractivity contribution in [3.8, 4) is 0 Å². The van der Waals surface area contributed by atoms with Gasteiger partial charge in [-0.25, -0.2) is 8.78 Å². The maximum atomic E-state index is 13.9. The lowest BCUT2D eigenvalue weighted by Crippen LogP contribution is -2.26. The molecule has 0 spiro atoms. The van der Waals surface area contributed by atoms with Gasteiger partial charge in [-0.15, -0.1) is 0 Å². The second-order valence-corrected chi connectivity index (χ2v) is 4.71. The number of benzene rings is 1. The van der Waals surface area contributed by atoms with Crippen LogP contribution in [0, 0.1) is 11.6 Å². The Balaban J connectivity index is 2.19. The zero-order chi connectivity index (χ0) is 14.4. The second-order valence-electron chi connectivity index (χ2n) is 4.71. The van der Waals surface area contributed by atoms with E-state index in [2.05, 4.69) is 17.2 Å². The van der Waals surface area contributed by atoms with Crippen LogP contribution in [0.3, 0.4) is 0 Å². The molecule has 1 unspecified atom stereocenters. The Morgan fingerprint density at radius 1 is 1.15 bits per heavy atom. The van der Waals surface area contributed by atoms with Gasteiger partial charge in [0.2, 0.25) is 0 Å². The molecular weight excluding hydrogens is 258 g/mol. The number of nitrogens with one attached hydrogen (secondary N) is 1. The summed E-state index contributed by atoms with van der Waals surface area (Å²) >= 11 is 0. The molecule has 2 rings (SSSR count). The van der Waals surface area contributed by atoms with Gasteiger partial charge in [-0.1, -0.05) is 19.1 Å². The first kappa shape index (κ1) is 14.6. The fraction of sp³-hybridized carbons (Fsp3) is 0.312. The number of hydrogen-bond acceptors (Lipinski definition) is 2. The number of pyridine rings is 1. The van der Waals surface area contributed by atoms with Gasteiger partial charge < -0.3 is 5.32 Å². The summed E-state index contributed by atoms with van der Waals surface area (Å²) in [6.07, 6.45) is 3.12. The summed E-state index contributed by atoms with van der Waals surface area (Å²) in [6, 6.07) is 9.05. The van der Waals surface area contributed by atoms with E-state index in [0.29, 0.717) is 12.1 Å². The maximum Gasteiger partial charge on any atom is 0.146 e. The normalized spacial score (nSPS) is 12.3. The molecule has 0 aliphatic carbocycles. The summed E-state index contributed by atoms with van der Waals surface area (Å²) in [5, 5.41) is 3.29. The van der Waals surface area contributed by atoms with Crippen LogP contribution in [0.5, 0.6) is 0 Å². The van der Waals surface area contributed by atoms with Gasteiger partial charge in [0.05, 0.1) is 11.7 Å². The molecule has 0 saturated carbocycles. The van der Waals surface area contributed by atoms with Gasteiger partial charge in [-0.3, -0.25) is 4.98 Å². The highest BCUT2D eigenvalue weighted by Gasteiger charge is 2.16. The molecule has 1 atom stereocenters. The molecule has 0 aliphatic heterocycles. The Labute approximate surface area is 117 Å². The minimum Gasteiger partial charge on any atom is -0.308 e. The fourth-order valence-corrected chi connectivity index (χ4v) is 2.09. The molecule has 0 radical (unpaired) electrons. The van der Waals surface area contributed by atoms with Crippen LogP contribution in [0.4, 0.5) is 8.78 Å². The average molecular weight is 276 g/mol. The summed E-state index contributed by atoms with van der Waals surface area (Å²) in [4.78, 5) is 4.13. The number of halogens is 2. The largest absolute Gasteiger partial charge is 0.308 e. The van der Waals surface area contributed by atoms with Crippen molar-refractivity contribution in [2.24, 2.45) is 0 Å². The van der Waals surface area contributed by atoms with Crippen molar-refractivity contribution in [3.05, 3.63) is 65.5 Å². The van der Waals surface area contributed by atoms with Crippen molar-refractivity contribution in [1.82, 2.24) is 10.3 Å². The monoisotopic (exact) mass is 276 g/mol. The third kappa shape index (κ3) is 3.84. The number of hydrogen-bond donors (Lipinski definition) is 1. The molecule has 0 aliphatic rings. The lowest BCUT2D eigenvalue weighted by Gasteiger charge is -2.18. The first-order valence-corrected chi connectivity index (χ1v) is 6.79. The van der Waals surface area contributed by atoms with Crippen molar-refractivity contribution < 1.29 is 8.78 Å². The molecule has 20 heavy (non-hydrogen) atoms. The van der Waals surface area contributed by atoms with Crippen LogP contribution in [-0.2, 0) is 6.42 Å². The van der Waals surface area contributed by atoms with Gasteiger partial charge in [0.25, 0.3) is 0 Å². The average Bonchev–Trinajstić information content (AvgIpc) is 2.46. The van der Waals surface area contributed by atoms with Crippen LogP contribution >= 0.6 is 0 Å². The molecule has 4 heteroatoms. The highest BCUT2D eigenvalue weighted by Crippen LogP contribution is 2.19. The zero-order valence-corrected chi connectivity index (χ0v) is 11.4. The van der Waals surface area contributed by atoms with E-state index in [1.807, 2.05) is 0 Å². The van der Waals surface area contributed by atoms with Crippen LogP contribution in [0.1, 0.15) is 30.6 Å². The molecule has 0 fully saturated rings. The topological polar surface area (TPSA) is 24.9 Å². The molecule has 2 aromatic rings. The van der Waals surface area contributed by atoms with Crippen LogP contribution in [0.15, 0.2) is 42.6 Å². The first-order chi connectivity index (χ1) is 9.70. The van der Waals surface area contributed by atoms with Gasteiger partial charge in [0, 0.05) is 6.20 Å².